The molecule has 0 aromatic heterocycles. The monoisotopic (exact) mass is 564 g/mol. The average molecular weight is 565 g/mol. The predicted molar refractivity (Wildman–Crippen MR) is 124 cm³/mol. The van der Waals surface area contributed by atoms with E-state index in [2.05, 4.69) is 0 Å². The molecule has 1 aromatic carbocycles. The molecule has 15 heteroatoms. The van der Waals surface area contributed by atoms with E-state index in [1.165, 1.54) is 0 Å². The molecule has 4 rings (SSSR count). The first kappa shape index (κ1) is 30.6. The lowest BCUT2D eigenvalue weighted by Crippen LogP contribution is -2.66. The van der Waals surface area contributed by atoms with Gasteiger partial charge in [-0.15, -0.1) is 0 Å². The molecule has 0 amide bonds. The standard InChI is InChI=1S/C24H36O15/c25-6-12-14(28)16(30)17(31)21(36-12)38-18-15(29)13(7-26)37-22(34-8-11-4-2-1-3-5-11)19(18)39-23-20(32)24(33,9-27)10-35-23/h1-5,12-23,25-33H,6-10H2/t12-,13-,14-,15-,16+,17-,18+,19-,20+,21-,22+,23-,24-/m1/s1. The third-order valence-electron chi connectivity index (χ3n) is 7.07. The van der Waals surface area contributed by atoms with E-state index < -0.39 is 106 Å². The van der Waals surface area contributed by atoms with Crippen molar-refractivity contribution in [3.8, 4) is 0 Å². The van der Waals surface area contributed by atoms with E-state index in [1.54, 1.807) is 30.3 Å². The zero-order valence-electron chi connectivity index (χ0n) is 20.8. The molecule has 1 aromatic rings. The molecule has 3 heterocycles. The van der Waals surface area contributed by atoms with Crippen molar-refractivity contribution in [2.75, 3.05) is 26.4 Å². The lowest BCUT2D eigenvalue weighted by Gasteiger charge is -2.47. The number of aliphatic hydroxyl groups excluding tert-OH is 8. The van der Waals surface area contributed by atoms with Crippen molar-refractivity contribution in [2.24, 2.45) is 0 Å². The molecule has 3 aliphatic heterocycles. The van der Waals surface area contributed by atoms with E-state index in [0.717, 1.165) is 5.56 Å². The highest BCUT2D eigenvalue weighted by atomic mass is 16.8. The molecule has 0 saturated carbocycles. The molecule has 0 radical (unpaired) electrons. The molecule has 0 unspecified atom stereocenters. The molecule has 13 atom stereocenters. The van der Waals surface area contributed by atoms with Crippen LogP contribution in [-0.2, 0) is 35.0 Å². The lowest BCUT2D eigenvalue weighted by atomic mass is 9.96. The summed E-state index contributed by atoms with van der Waals surface area (Å²) in [6.45, 7) is -2.78. The van der Waals surface area contributed by atoms with Crippen LogP contribution in [0.5, 0.6) is 0 Å². The number of rotatable bonds is 10. The smallest absolute Gasteiger partial charge is 0.187 e. The number of ether oxygens (including phenoxy) is 6. The second kappa shape index (κ2) is 13.1. The molecule has 15 nitrogen and oxygen atoms in total. The molecule has 3 saturated heterocycles. The Labute approximate surface area is 223 Å². The normalized spacial score (nSPS) is 44.9. The van der Waals surface area contributed by atoms with Crippen LogP contribution >= 0.6 is 0 Å². The van der Waals surface area contributed by atoms with Crippen LogP contribution in [0.1, 0.15) is 5.56 Å². The molecule has 0 aliphatic carbocycles. The second-order valence-electron chi connectivity index (χ2n) is 9.80. The largest absolute Gasteiger partial charge is 0.394 e. The van der Waals surface area contributed by atoms with Gasteiger partial charge >= 0.3 is 0 Å². The van der Waals surface area contributed by atoms with Crippen LogP contribution in [0.15, 0.2) is 30.3 Å². The zero-order valence-corrected chi connectivity index (χ0v) is 20.8. The quantitative estimate of drug-likeness (QED) is 0.130. The highest BCUT2D eigenvalue weighted by molar-refractivity contribution is 5.13. The van der Waals surface area contributed by atoms with Crippen molar-refractivity contribution in [2.45, 2.75) is 86.0 Å². The van der Waals surface area contributed by atoms with Gasteiger partial charge in [0.25, 0.3) is 0 Å². The maximum Gasteiger partial charge on any atom is 0.187 e. The first-order valence-electron chi connectivity index (χ1n) is 12.5. The minimum Gasteiger partial charge on any atom is -0.394 e. The Hall–Kier alpha value is -1.38. The molecule has 0 bridgehead atoms. The van der Waals surface area contributed by atoms with Crippen LogP contribution in [0.3, 0.4) is 0 Å². The first-order chi connectivity index (χ1) is 18.6. The summed E-state index contributed by atoms with van der Waals surface area (Å²) in [7, 11) is 0. The summed E-state index contributed by atoms with van der Waals surface area (Å²) in [4.78, 5) is 0. The van der Waals surface area contributed by atoms with Gasteiger partial charge in [0.2, 0.25) is 0 Å². The van der Waals surface area contributed by atoms with Crippen LogP contribution < -0.4 is 0 Å². The minimum absolute atomic E-state index is 0.0268. The summed E-state index contributed by atoms with van der Waals surface area (Å²) >= 11 is 0. The third-order valence-corrected chi connectivity index (χ3v) is 7.07. The van der Waals surface area contributed by atoms with Gasteiger partial charge in [0.05, 0.1) is 33.0 Å². The van der Waals surface area contributed by atoms with Crippen LogP contribution in [0.4, 0.5) is 0 Å². The predicted octanol–water partition coefficient (Wildman–Crippen LogP) is -4.71. The van der Waals surface area contributed by atoms with Gasteiger partial charge in [-0.3, -0.25) is 0 Å². The average Bonchev–Trinajstić information content (AvgIpc) is 3.24. The van der Waals surface area contributed by atoms with Crippen molar-refractivity contribution < 1.29 is 74.4 Å². The van der Waals surface area contributed by atoms with Gasteiger partial charge in [-0.05, 0) is 5.56 Å². The van der Waals surface area contributed by atoms with E-state index in [4.69, 9.17) is 28.4 Å². The molecular formula is C24H36O15. The number of hydrogen-bond acceptors (Lipinski definition) is 15. The summed E-state index contributed by atoms with van der Waals surface area (Å²) in [5.41, 5.74) is -1.31. The van der Waals surface area contributed by atoms with Gasteiger partial charge in [0.15, 0.2) is 18.9 Å². The fourth-order valence-corrected chi connectivity index (χ4v) is 4.63. The van der Waals surface area contributed by atoms with Crippen molar-refractivity contribution in [3.05, 3.63) is 35.9 Å². The topological polar surface area (TPSA) is 237 Å². The summed E-state index contributed by atoms with van der Waals surface area (Å²) in [5, 5.41) is 91.6. The van der Waals surface area contributed by atoms with Gasteiger partial charge in [0.1, 0.15) is 60.5 Å². The molecule has 39 heavy (non-hydrogen) atoms. The molecule has 3 aliphatic rings. The lowest BCUT2D eigenvalue weighted by molar-refractivity contribution is -0.378. The Balaban J connectivity index is 1.61. The molecular weight excluding hydrogens is 528 g/mol. The van der Waals surface area contributed by atoms with Gasteiger partial charge in [-0.1, -0.05) is 30.3 Å². The summed E-state index contributed by atoms with van der Waals surface area (Å²) in [6.07, 6.45) is -18.9. The molecule has 0 spiro atoms. The fraction of sp³-hybridized carbons (Fsp3) is 0.750. The van der Waals surface area contributed by atoms with E-state index in [1.807, 2.05) is 0 Å². The SMILES string of the molecule is OC[C@H]1O[C@H](O[C@H]2[C@H](O)[C@@H](CO)O[C@H](OCc3ccccc3)[C@@H]2O[C@H]2OC[C@](O)(CO)[C@H]2O)[C@H](O)[C@@H](O)[C@@H]1O. The Morgan fingerprint density at radius 3 is 1.97 bits per heavy atom. The summed E-state index contributed by atoms with van der Waals surface area (Å²) in [5.74, 6) is 0. The van der Waals surface area contributed by atoms with E-state index >= 15 is 0 Å². The highest BCUT2D eigenvalue weighted by Crippen LogP contribution is 2.34. The van der Waals surface area contributed by atoms with Crippen molar-refractivity contribution in [1.82, 2.24) is 0 Å². The van der Waals surface area contributed by atoms with Gasteiger partial charge in [-0.25, -0.2) is 0 Å². The summed E-state index contributed by atoms with van der Waals surface area (Å²) in [6, 6.07) is 8.89. The van der Waals surface area contributed by atoms with Gasteiger partial charge in [0, 0.05) is 0 Å². The molecule has 3 fully saturated rings. The van der Waals surface area contributed by atoms with Crippen LogP contribution in [-0.4, -0.2) is 152 Å². The van der Waals surface area contributed by atoms with Crippen molar-refractivity contribution in [1.29, 1.82) is 0 Å². The zero-order chi connectivity index (χ0) is 28.3. The molecule has 9 N–H and O–H groups in total. The Kier molecular flexibility index (Phi) is 10.2. The van der Waals surface area contributed by atoms with Gasteiger partial charge < -0.3 is 74.4 Å². The number of hydrogen-bond donors (Lipinski definition) is 9. The number of aliphatic hydroxyl groups is 9. The van der Waals surface area contributed by atoms with Crippen molar-refractivity contribution >= 4 is 0 Å². The van der Waals surface area contributed by atoms with E-state index in [9.17, 15) is 46.0 Å². The summed E-state index contributed by atoms with van der Waals surface area (Å²) < 4.78 is 34.0. The van der Waals surface area contributed by atoms with E-state index in [0.29, 0.717) is 0 Å². The maximum absolute atomic E-state index is 11.0. The Morgan fingerprint density at radius 2 is 1.36 bits per heavy atom. The highest BCUT2D eigenvalue weighted by Gasteiger charge is 2.55. The molecule has 222 valence electrons. The number of benzene rings is 1. The second-order valence-corrected chi connectivity index (χ2v) is 9.80. The van der Waals surface area contributed by atoms with Crippen LogP contribution in [0, 0.1) is 0 Å². The first-order valence-corrected chi connectivity index (χ1v) is 12.5. The Morgan fingerprint density at radius 1 is 0.744 bits per heavy atom. The van der Waals surface area contributed by atoms with Gasteiger partial charge in [-0.2, -0.15) is 0 Å². The Bertz CT molecular complexity index is 892. The van der Waals surface area contributed by atoms with Crippen LogP contribution in [0.25, 0.3) is 0 Å². The fourth-order valence-electron chi connectivity index (χ4n) is 4.63. The maximum atomic E-state index is 11.0. The van der Waals surface area contributed by atoms with Crippen LogP contribution in [0.2, 0.25) is 0 Å². The third kappa shape index (κ3) is 6.43. The van der Waals surface area contributed by atoms with Crippen molar-refractivity contribution in [3.63, 3.8) is 0 Å². The minimum atomic E-state index is -2.04. The van der Waals surface area contributed by atoms with E-state index in [-0.39, 0.29) is 6.61 Å².